The number of benzene rings is 4. The van der Waals surface area contributed by atoms with E-state index >= 15 is 0 Å². The first kappa shape index (κ1) is 21.8. The average molecular weight is 536 g/mol. The summed E-state index contributed by atoms with van der Waals surface area (Å²) in [5.41, 5.74) is 7.49. The molecule has 4 aromatic heterocycles. The van der Waals surface area contributed by atoms with Crippen molar-refractivity contribution in [2.24, 2.45) is 0 Å². The minimum atomic E-state index is 0.788. The molecule has 40 heavy (non-hydrogen) atoms. The fourth-order valence-electron chi connectivity index (χ4n) is 5.90. The molecule has 0 bridgehead atoms. The van der Waals surface area contributed by atoms with Gasteiger partial charge in [-0.2, -0.15) is 0 Å². The van der Waals surface area contributed by atoms with Crippen LogP contribution in [0.4, 0.5) is 22.7 Å². The van der Waals surface area contributed by atoms with Crippen molar-refractivity contribution in [3.63, 3.8) is 0 Å². The Kier molecular flexibility index (Phi) is 4.48. The van der Waals surface area contributed by atoms with Gasteiger partial charge in [-0.05, 0) is 72.8 Å². The second-order valence-electron chi connectivity index (χ2n) is 10.1. The maximum absolute atomic E-state index is 6.28. The molecule has 0 aliphatic carbocycles. The van der Waals surface area contributed by atoms with Crippen molar-refractivity contribution in [2.75, 3.05) is 16.8 Å². The summed E-state index contributed by atoms with van der Waals surface area (Å²) in [6, 6.07) is 32.0. The third-order valence-corrected chi connectivity index (χ3v) is 8.86. The van der Waals surface area contributed by atoms with Crippen LogP contribution in [0.15, 0.2) is 112 Å². The van der Waals surface area contributed by atoms with Crippen LogP contribution in [-0.2, 0) is 0 Å². The summed E-state index contributed by atoms with van der Waals surface area (Å²) in [5.74, 6) is 0.869. The van der Waals surface area contributed by atoms with Gasteiger partial charge in [0.15, 0.2) is 11.3 Å². The molecule has 0 spiro atoms. The van der Waals surface area contributed by atoms with Crippen LogP contribution in [0.2, 0.25) is 0 Å². The lowest BCUT2D eigenvalue weighted by Crippen LogP contribution is -2.09. The highest BCUT2D eigenvalue weighted by Gasteiger charge is 2.20. The van der Waals surface area contributed by atoms with Gasteiger partial charge in [0, 0.05) is 66.8 Å². The summed E-state index contributed by atoms with van der Waals surface area (Å²) in [4.78, 5) is 6.91. The van der Waals surface area contributed by atoms with Crippen molar-refractivity contribution in [3.05, 3.63) is 109 Å². The fourth-order valence-corrected chi connectivity index (χ4v) is 6.98. The number of nitrogens with zero attached hydrogens (tertiary/aromatic N) is 2. The molecule has 0 unspecified atom stereocenters. The first-order valence-corrected chi connectivity index (χ1v) is 14.1. The monoisotopic (exact) mass is 535 g/mol. The minimum Gasteiger partial charge on any atom is -0.454 e. The molecule has 5 heterocycles. The standard InChI is InChI=1S/C34H21N3O2S/c1-2-8-31-23(5-1)25-17-21(11-14-32(25)40-31)37(20-10-13-27-26(18-20)34-29(38-27)7-4-16-36-34)22-9-12-24-30(19-22)39-28-6-3-15-35-33(24)28/h1-14,16-19,35H,15H2. The maximum Gasteiger partial charge on any atom is 0.153 e. The van der Waals surface area contributed by atoms with Crippen molar-refractivity contribution in [1.82, 2.24) is 4.98 Å². The van der Waals surface area contributed by atoms with E-state index < -0.39 is 0 Å². The highest BCUT2D eigenvalue weighted by atomic mass is 32.1. The van der Waals surface area contributed by atoms with Crippen LogP contribution in [0.5, 0.6) is 0 Å². The smallest absolute Gasteiger partial charge is 0.153 e. The Labute approximate surface area is 232 Å². The molecule has 9 rings (SSSR count). The van der Waals surface area contributed by atoms with E-state index in [2.05, 4.69) is 94.1 Å². The molecule has 190 valence electrons. The number of furan rings is 2. The normalized spacial score (nSPS) is 13.0. The van der Waals surface area contributed by atoms with E-state index in [1.54, 1.807) is 0 Å². The van der Waals surface area contributed by atoms with E-state index in [0.717, 1.165) is 68.1 Å². The number of hydrogen-bond donors (Lipinski definition) is 1. The third-order valence-electron chi connectivity index (χ3n) is 7.71. The summed E-state index contributed by atoms with van der Waals surface area (Å²) < 4.78 is 14.9. The molecule has 0 amide bonds. The highest BCUT2D eigenvalue weighted by Crippen LogP contribution is 2.44. The quantitative estimate of drug-likeness (QED) is 0.244. The zero-order valence-electron chi connectivity index (χ0n) is 21.2. The highest BCUT2D eigenvalue weighted by molar-refractivity contribution is 7.25. The first-order valence-electron chi connectivity index (χ1n) is 13.3. The first-order chi connectivity index (χ1) is 19.8. The van der Waals surface area contributed by atoms with Crippen LogP contribution >= 0.6 is 11.3 Å². The van der Waals surface area contributed by atoms with Crippen molar-refractivity contribution < 1.29 is 8.83 Å². The average Bonchev–Trinajstić information content (AvgIpc) is 3.68. The Hall–Kier alpha value is -5.07. The summed E-state index contributed by atoms with van der Waals surface area (Å²) in [6.45, 7) is 0.802. The second kappa shape index (κ2) is 8.21. The van der Waals surface area contributed by atoms with Gasteiger partial charge < -0.3 is 19.1 Å². The third kappa shape index (κ3) is 3.17. The number of thiophene rings is 1. The number of aromatic nitrogens is 1. The Morgan fingerprint density at radius 3 is 2.48 bits per heavy atom. The van der Waals surface area contributed by atoms with Gasteiger partial charge in [0.05, 0.1) is 5.69 Å². The van der Waals surface area contributed by atoms with Crippen LogP contribution in [0.3, 0.4) is 0 Å². The zero-order chi connectivity index (χ0) is 26.2. The summed E-state index contributed by atoms with van der Waals surface area (Å²) in [7, 11) is 0. The second-order valence-corrected chi connectivity index (χ2v) is 11.1. The van der Waals surface area contributed by atoms with Crippen LogP contribution in [0.25, 0.3) is 59.3 Å². The van der Waals surface area contributed by atoms with Crippen molar-refractivity contribution in [1.29, 1.82) is 0 Å². The van der Waals surface area contributed by atoms with E-state index in [-0.39, 0.29) is 0 Å². The lowest BCUT2D eigenvalue weighted by atomic mass is 10.1. The predicted molar refractivity (Wildman–Crippen MR) is 166 cm³/mol. The van der Waals surface area contributed by atoms with Gasteiger partial charge >= 0.3 is 0 Å². The molecule has 6 heteroatoms. The molecule has 5 nitrogen and oxygen atoms in total. The van der Waals surface area contributed by atoms with E-state index in [9.17, 15) is 0 Å². The molecule has 1 aliphatic rings. The fraction of sp³-hybridized carbons (Fsp3) is 0.0294. The van der Waals surface area contributed by atoms with E-state index in [0.29, 0.717) is 0 Å². The van der Waals surface area contributed by atoms with Crippen molar-refractivity contribution >= 4 is 93.4 Å². The summed E-state index contributed by atoms with van der Waals surface area (Å²) >= 11 is 1.83. The maximum atomic E-state index is 6.28. The van der Waals surface area contributed by atoms with Crippen molar-refractivity contribution in [3.8, 4) is 0 Å². The molecule has 0 radical (unpaired) electrons. The topological polar surface area (TPSA) is 54.4 Å². The van der Waals surface area contributed by atoms with Crippen molar-refractivity contribution in [2.45, 2.75) is 0 Å². The van der Waals surface area contributed by atoms with Gasteiger partial charge in [0.1, 0.15) is 16.7 Å². The Bertz CT molecular complexity index is 2190. The SMILES string of the molecule is C1=Cc2oc3cc(N(c4ccc5sc6ccccc6c5c4)c4ccc5oc6cccnc6c5c4)ccc3c2NC1. The van der Waals surface area contributed by atoms with Crippen LogP contribution < -0.4 is 10.2 Å². The molecule has 0 saturated heterocycles. The Morgan fingerprint density at radius 1 is 0.675 bits per heavy atom. The zero-order valence-corrected chi connectivity index (χ0v) is 22.0. The summed E-state index contributed by atoms with van der Waals surface area (Å²) in [6.07, 6.45) is 5.94. The minimum absolute atomic E-state index is 0.788. The Balaban J connectivity index is 1.29. The van der Waals surface area contributed by atoms with Gasteiger partial charge in [0.2, 0.25) is 0 Å². The lowest BCUT2D eigenvalue weighted by molar-refractivity contribution is 0.604. The molecule has 1 aliphatic heterocycles. The number of rotatable bonds is 3. The van der Waals surface area contributed by atoms with Gasteiger partial charge in [-0.15, -0.1) is 11.3 Å². The number of fused-ring (bicyclic) bond motifs is 9. The molecule has 0 atom stereocenters. The van der Waals surface area contributed by atoms with Crippen LogP contribution in [0, 0.1) is 0 Å². The molecule has 4 aromatic carbocycles. The number of hydrogen-bond acceptors (Lipinski definition) is 6. The molecule has 0 saturated carbocycles. The van der Waals surface area contributed by atoms with E-state index in [1.165, 1.54) is 20.2 Å². The molecule has 1 N–H and O–H groups in total. The Morgan fingerprint density at radius 2 is 1.50 bits per heavy atom. The molecular formula is C34H21N3O2S. The van der Waals surface area contributed by atoms with E-state index in [4.69, 9.17) is 8.83 Å². The van der Waals surface area contributed by atoms with Gasteiger partial charge in [-0.3, -0.25) is 4.98 Å². The van der Waals surface area contributed by atoms with Crippen LogP contribution in [0.1, 0.15) is 5.76 Å². The number of anilines is 4. The van der Waals surface area contributed by atoms with Gasteiger partial charge in [-0.25, -0.2) is 0 Å². The van der Waals surface area contributed by atoms with Crippen LogP contribution in [-0.4, -0.2) is 11.5 Å². The summed E-state index contributed by atoms with van der Waals surface area (Å²) in [5, 5.41) is 8.06. The lowest BCUT2D eigenvalue weighted by Gasteiger charge is -2.25. The largest absolute Gasteiger partial charge is 0.454 e. The van der Waals surface area contributed by atoms with E-state index in [1.807, 2.05) is 41.8 Å². The predicted octanol–water partition coefficient (Wildman–Crippen LogP) is 10.0. The number of nitrogens with one attached hydrogen (secondary N) is 1. The molecule has 0 fully saturated rings. The molecule has 8 aromatic rings. The van der Waals surface area contributed by atoms with Gasteiger partial charge in [0.25, 0.3) is 0 Å². The number of pyridine rings is 1. The van der Waals surface area contributed by atoms with Gasteiger partial charge in [-0.1, -0.05) is 24.3 Å². The molecular weight excluding hydrogens is 514 g/mol.